The fourth-order valence-electron chi connectivity index (χ4n) is 2.06. The van der Waals surface area contributed by atoms with E-state index >= 15 is 0 Å². The third kappa shape index (κ3) is 5.09. The van der Waals surface area contributed by atoms with Gasteiger partial charge in [-0.3, -0.25) is 0 Å². The molecule has 1 atom stereocenters. The minimum Gasteiger partial charge on any atom is -0.497 e. The van der Waals surface area contributed by atoms with Crippen LogP contribution in [-0.4, -0.2) is 44.7 Å². The Kier molecular flexibility index (Phi) is 6.31. The summed E-state index contributed by atoms with van der Waals surface area (Å²) in [5.74, 6) is 1.25. The summed E-state index contributed by atoms with van der Waals surface area (Å²) in [7, 11) is 5.66. The third-order valence-electron chi connectivity index (χ3n) is 3.25. The van der Waals surface area contributed by atoms with Gasteiger partial charge in [-0.2, -0.15) is 0 Å². The summed E-state index contributed by atoms with van der Waals surface area (Å²) in [5.41, 5.74) is 0.745. The van der Waals surface area contributed by atoms with Crippen molar-refractivity contribution >= 4 is 11.7 Å². The lowest BCUT2D eigenvalue weighted by Crippen LogP contribution is -2.44. The van der Waals surface area contributed by atoms with Crippen LogP contribution in [0.5, 0.6) is 5.75 Å². The molecule has 0 spiro atoms. The van der Waals surface area contributed by atoms with Gasteiger partial charge in [0.15, 0.2) is 0 Å². The Morgan fingerprint density at radius 3 is 2.30 bits per heavy atom. The number of likely N-dealkylation sites (N-methyl/N-ethyl adjacent to an activating group) is 1. The molecule has 0 unspecified atom stereocenters. The molecule has 0 aliphatic heterocycles. The molecule has 0 aliphatic carbocycles. The maximum Gasteiger partial charge on any atom is 0.319 e. The largest absolute Gasteiger partial charge is 0.497 e. The molecule has 0 heterocycles. The van der Waals surface area contributed by atoms with Crippen LogP contribution in [-0.2, 0) is 0 Å². The predicted octanol–water partition coefficient (Wildman–Crippen LogP) is 2.40. The summed E-state index contributed by atoms with van der Waals surface area (Å²) in [6.07, 6.45) is 0. The van der Waals surface area contributed by atoms with E-state index < -0.39 is 0 Å². The molecule has 0 radical (unpaired) electrons. The molecule has 0 fully saturated rings. The Hall–Kier alpha value is -1.75. The number of carbonyl (C=O) groups is 1. The number of rotatable bonds is 6. The second-order valence-electron chi connectivity index (χ2n) is 5.34. The maximum absolute atomic E-state index is 11.8. The first-order chi connectivity index (χ1) is 9.43. The van der Waals surface area contributed by atoms with Gasteiger partial charge < -0.3 is 20.3 Å². The van der Waals surface area contributed by atoms with E-state index in [4.69, 9.17) is 4.74 Å². The second-order valence-corrected chi connectivity index (χ2v) is 5.34. The lowest BCUT2D eigenvalue weighted by atomic mass is 10.0. The Morgan fingerprint density at radius 2 is 1.85 bits per heavy atom. The number of hydrogen-bond donors (Lipinski definition) is 2. The predicted molar refractivity (Wildman–Crippen MR) is 82.3 cm³/mol. The highest BCUT2D eigenvalue weighted by Crippen LogP contribution is 2.14. The molecule has 0 saturated carbocycles. The van der Waals surface area contributed by atoms with E-state index in [-0.39, 0.29) is 6.03 Å². The van der Waals surface area contributed by atoms with Crippen LogP contribution in [0.25, 0.3) is 0 Å². The van der Waals surface area contributed by atoms with Crippen LogP contribution >= 0.6 is 0 Å². The fraction of sp³-hybridized carbons (Fsp3) is 0.533. The molecular formula is C15H25N3O2. The van der Waals surface area contributed by atoms with Crippen molar-refractivity contribution in [3.8, 4) is 5.75 Å². The number of amides is 2. The highest BCUT2D eigenvalue weighted by molar-refractivity contribution is 5.89. The normalized spacial score (nSPS) is 12.3. The molecule has 2 N–H and O–H groups in total. The van der Waals surface area contributed by atoms with Gasteiger partial charge >= 0.3 is 6.03 Å². The number of hydrogen-bond acceptors (Lipinski definition) is 3. The highest BCUT2D eigenvalue weighted by atomic mass is 16.5. The average molecular weight is 279 g/mol. The Bertz CT molecular complexity index is 408. The first kappa shape index (κ1) is 16.3. The van der Waals surface area contributed by atoms with Gasteiger partial charge in [-0.05, 0) is 44.3 Å². The minimum absolute atomic E-state index is 0.192. The van der Waals surface area contributed by atoms with Crippen molar-refractivity contribution in [2.45, 2.75) is 19.9 Å². The van der Waals surface area contributed by atoms with E-state index in [1.807, 2.05) is 38.4 Å². The van der Waals surface area contributed by atoms with Crippen molar-refractivity contribution in [2.24, 2.45) is 5.92 Å². The summed E-state index contributed by atoms with van der Waals surface area (Å²) in [6, 6.07) is 7.37. The van der Waals surface area contributed by atoms with Gasteiger partial charge in [0.25, 0.3) is 0 Å². The summed E-state index contributed by atoms with van der Waals surface area (Å²) < 4.78 is 5.07. The van der Waals surface area contributed by atoms with E-state index in [1.54, 1.807) is 7.11 Å². The minimum atomic E-state index is -0.192. The van der Waals surface area contributed by atoms with Crippen LogP contribution in [0.15, 0.2) is 24.3 Å². The van der Waals surface area contributed by atoms with E-state index in [0.717, 1.165) is 11.4 Å². The van der Waals surface area contributed by atoms with Gasteiger partial charge in [0.05, 0.1) is 7.11 Å². The summed E-state index contributed by atoms with van der Waals surface area (Å²) >= 11 is 0. The molecule has 112 valence electrons. The molecule has 2 amide bonds. The fourth-order valence-corrected chi connectivity index (χ4v) is 2.06. The molecule has 5 heteroatoms. The molecule has 0 saturated heterocycles. The smallest absolute Gasteiger partial charge is 0.319 e. The molecule has 0 aliphatic rings. The summed E-state index contributed by atoms with van der Waals surface area (Å²) in [5, 5.41) is 5.70. The zero-order valence-corrected chi connectivity index (χ0v) is 12.9. The van der Waals surface area contributed by atoms with Crippen molar-refractivity contribution in [2.75, 3.05) is 33.1 Å². The van der Waals surface area contributed by atoms with Crippen molar-refractivity contribution in [3.05, 3.63) is 24.3 Å². The zero-order chi connectivity index (χ0) is 15.1. The number of benzene rings is 1. The maximum atomic E-state index is 11.8. The Balaban J connectivity index is 2.46. The van der Waals surface area contributed by atoms with Crippen LogP contribution in [0.1, 0.15) is 13.8 Å². The van der Waals surface area contributed by atoms with Crippen molar-refractivity contribution in [1.82, 2.24) is 10.2 Å². The van der Waals surface area contributed by atoms with Crippen molar-refractivity contribution in [3.63, 3.8) is 0 Å². The van der Waals surface area contributed by atoms with E-state index in [1.165, 1.54) is 0 Å². The lowest BCUT2D eigenvalue weighted by molar-refractivity contribution is 0.218. The van der Waals surface area contributed by atoms with Crippen molar-refractivity contribution in [1.29, 1.82) is 0 Å². The molecule has 1 aromatic rings. The van der Waals surface area contributed by atoms with E-state index in [0.29, 0.717) is 18.5 Å². The lowest BCUT2D eigenvalue weighted by Gasteiger charge is -2.28. The zero-order valence-electron chi connectivity index (χ0n) is 12.9. The van der Waals surface area contributed by atoms with Gasteiger partial charge in [0, 0.05) is 18.3 Å². The molecule has 5 nitrogen and oxygen atoms in total. The number of carbonyl (C=O) groups excluding carboxylic acids is 1. The molecule has 1 aromatic carbocycles. The van der Waals surface area contributed by atoms with Gasteiger partial charge in [-0.1, -0.05) is 13.8 Å². The molecule has 20 heavy (non-hydrogen) atoms. The van der Waals surface area contributed by atoms with Crippen LogP contribution < -0.4 is 15.4 Å². The van der Waals surface area contributed by atoms with E-state index in [2.05, 4.69) is 29.4 Å². The van der Waals surface area contributed by atoms with Gasteiger partial charge in [-0.25, -0.2) is 4.79 Å². The third-order valence-corrected chi connectivity index (χ3v) is 3.25. The standard InChI is InChI=1S/C15H25N3O2/c1-11(2)14(18(3)4)10-16-15(19)17-12-6-8-13(20-5)9-7-12/h6-9,11,14H,10H2,1-5H3,(H2,16,17,19)/t14-/m0/s1. The Morgan fingerprint density at radius 1 is 1.25 bits per heavy atom. The summed E-state index contributed by atoms with van der Waals surface area (Å²) in [4.78, 5) is 14.0. The average Bonchev–Trinajstić information content (AvgIpc) is 2.39. The van der Waals surface area contributed by atoms with Crippen LogP contribution in [0, 0.1) is 5.92 Å². The monoisotopic (exact) mass is 279 g/mol. The highest BCUT2D eigenvalue weighted by Gasteiger charge is 2.16. The van der Waals surface area contributed by atoms with Crippen LogP contribution in [0.4, 0.5) is 10.5 Å². The number of ether oxygens (including phenoxy) is 1. The first-order valence-electron chi connectivity index (χ1n) is 6.79. The van der Waals surface area contributed by atoms with Crippen LogP contribution in [0.3, 0.4) is 0 Å². The quantitative estimate of drug-likeness (QED) is 0.840. The van der Waals surface area contributed by atoms with Gasteiger partial charge in [-0.15, -0.1) is 0 Å². The SMILES string of the molecule is COc1ccc(NC(=O)NC[C@@H](C(C)C)N(C)C)cc1. The van der Waals surface area contributed by atoms with Crippen LogP contribution in [0.2, 0.25) is 0 Å². The number of nitrogens with zero attached hydrogens (tertiary/aromatic N) is 1. The number of nitrogens with one attached hydrogen (secondary N) is 2. The molecule has 1 rings (SSSR count). The molecular weight excluding hydrogens is 254 g/mol. The number of urea groups is 1. The topological polar surface area (TPSA) is 53.6 Å². The van der Waals surface area contributed by atoms with E-state index in [9.17, 15) is 4.79 Å². The number of methoxy groups -OCH3 is 1. The van der Waals surface area contributed by atoms with Gasteiger partial charge in [0.2, 0.25) is 0 Å². The first-order valence-corrected chi connectivity index (χ1v) is 6.79. The second kappa shape index (κ2) is 7.75. The molecule has 0 bridgehead atoms. The van der Waals surface area contributed by atoms with Gasteiger partial charge in [0.1, 0.15) is 5.75 Å². The number of anilines is 1. The Labute approximate surface area is 121 Å². The molecule has 0 aromatic heterocycles. The summed E-state index contributed by atoms with van der Waals surface area (Å²) in [6.45, 7) is 4.91. The van der Waals surface area contributed by atoms with Crippen molar-refractivity contribution < 1.29 is 9.53 Å².